The van der Waals surface area contributed by atoms with E-state index in [4.69, 9.17) is 4.74 Å². The van der Waals surface area contributed by atoms with Crippen LogP contribution in [0.4, 0.5) is 4.39 Å². The average Bonchev–Trinajstić information content (AvgIpc) is 3.14. The van der Waals surface area contributed by atoms with Crippen molar-refractivity contribution < 1.29 is 13.9 Å². The summed E-state index contributed by atoms with van der Waals surface area (Å²) in [6.45, 7) is 5.35. The fourth-order valence-electron chi connectivity index (χ4n) is 3.34. The summed E-state index contributed by atoms with van der Waals surface area (Å²) >= 11 is 0. The molecule has 2 aromatic rings. The summed E-state index contributed by atoms with van der Waals surface area (Å²) in [5, 5.41) is 0. The highest BCUT2D eigenvalue weighted by molar-refractivity contribution is 5.87. The maximum absolute atomic E-state index is 13.7. The molecule has 0 aliphatic carbocycles. The Morgan fingerprint density at radius 2 is 2.15 bits per heavy atom. The van der Waals surface area contributed by atoms with Crippen molar-refractivity contribution in [3.63, 3.8) is 0 Å². The summed E-state index contributed by atoms with van der Waals surface area (Å²) in [4.78, 5) is 19.5. The van der Waals surface area contributed by atoms with E-state index in [9.17, 15) is 9.18 Å². The Morgan fingerprint density at radius 3 is 2.81 bits per heavy atom. The van der Waals surface area contributed by atoms with Crippen molar-refractivity contribution in [3.8, 4) is 0 Å². The van der Waals surface area contributed by atoms with E-state index < -0.39 is 5.41 Å². The summed E-state index contributed by atoms with van der Waals surface area (Å²) in [7, 11) is 0. The SMILES string of the molecule is CC(C)(C(=O)N(Cc1ccccn1)C[C@H]1CCCO1)c1cccc(F)c1. The highest BCUT2D eigenvalue weighted by Gasteiger charge is 2.35. The first-order chi connectivity index (χ1) is 12.5. The number of nitrogens with zero attached hydrogens (tertiary/aromatic N) is 2. The number of benzene rings is 1. The maximum atomic E-state index is 13.7. The molecule has 0 radical (unpaired) electrons. The Kier molecular flexibility index (Phi) is 5.67. The standard InChI is InChI=1S/C21H25FN2O2/c1-21(2,16-7-5-8-17(22)13-16)20(25)24(15-19-10-6-12-26-19)14-18-9-3-4-11-23-18/h3-5,7-9,11,13,19H,6,10,12,14-15H2,1-2H3/t19-/m1/s1. The number of rotatable bonds is 6. The number of hydrogen-bond donors (Lipinski definition) is 0. The lowest BCUT2D eigenvalue weighted by atomic mass is 9.83. The molecule has 3 rings (SSSR count). The van der Waals surface area contributed by atoms with Crippen LogP contribution in [0.15, 0.2) is 48.7 Å². The number of aromatic nitrogens is 1. The molecule has 1 aromatic heterocycles. The van der Waals surface area contributed by atoms with Crippen molar-refractivity contribution >= 4 is 5.91 Å². The van der Waals surface area contributed by atoms with Crippen molar-refractivity contribution in [2.24, 2.45) is 0 Å². The van der Waals surface area contributed by atoms with Gasteiger partial charge in [-0.15, -0.1) is 0 Å². The zero-order valence-corrected chi connectivity index (χ0v) is 15.3. The van der Waals surface area contributed by atoms with Crippen molar-refractivity contribution in [1.82, 2.24) is 9.88 Å². The van der Waals surface area contributed by atoms with E-state index in [1.807, 2.05) is 32.0 Å². The number of carbonyl (C=O) groups is 1. The second kappa shape index (κ2) is 7.96. The topological polar surface area (TPSA) is 42.4 Å². The molecule has 1 atom stereocenters. The van der Waals surface area contributed by atoms with Crippen LogP contribution in [0.3, 0.4) is 0 Å². The van der Waals surface area contributed by atoms with Gasteiger partial charge in [0, 0.05) is 19.3 Å². The molecule has 0 spiro atoms. The van der Waals surface area contributed by atoms with E-state index in [0.29, 0.717) is 18.7 Å². The molecule has 1 aromatic carbocycles. The van der Waals surface area contributed by atoms with Gasteiger partial charge in [-0.05, 0) is 56.5 Å². The van der Waals surface area contributed by atoms with Gasteiger partial charge >= 0.3 is 0 Å². The quantitative estimate of drug-likeness (QED) is 0.792. The minimum Gasteiger partial charge on any atom is -0.376 e. The minimum absolute atomic E-state index is 0.0472. The number of amides is 1. The van der Waals surface area contributed by atoms with Crippen LogP contribution >= 0.6 is 0 Å². The third-order valence-electron chi connectivity index (χ3n) is 4.90. The third-order valence-corrected chi connectivity index (χ3v) is 4.90. The summed E-state index contributed by atoms with van der Waals surface area (Å²) in [6, 6.07) is 11.9. The molecule has 0 bridgehead atoms. The Balaban J connectivity index is 1.85. The summed E-state index contributed by atoms with van der Waals surface area (Å²) in [6.07, 6.45) is 3.74. The van der Waals surface area contributed by atoms with Gasteiger partial charge < -0.3 is 9.64 Å². The molecule has 1 amide bonds. The Labute approximate surface area is 154 Å². The van der Waals surface area contributed by atoms with Gasteiger partial charge in [-0.3, -0.25) is 9.78 Å². The van der Waals surface area contributed by atoms with Crippen molar-refractivity contribution in [2.75, 3.05) is 13.2 Å². The average molecular weight is 356 g/mol. The van der Waals surface area contributed by atoms with Crippen LogP contribution in [-0.4, -0.2) is 35.0 Å². The van der Waals surface area contributed by atoms with Crippen LogP contribution < -0.4 is 0 Å². The number of ether oxygens (including phenoxy) is 1. The zero-order chi connectivity index (χ0) is 18.6. The third kappa shape index (κ3) is 4.28. The summed E-state index contributed by atoms with van der Waals surface area (Å²) in [5.41, 5.74) is 0.657. The van der Waals surface area contributed by atoms with Crippen LogP contribution in [0.2, 0.25) is 0 Å². The molecule has 138 valence electrons. The monoisotopic (exact) mass is 356 g/mol. The van der Waals surface area contributed by atoms with Gasteiger partial charge in [0.1, 0.15) is 5.82 Å². The largest absolute Gasteiger partial charge is 0.376 e. The lowest BCUT2D eigenvalue weighted by Gasteiger charge is -2.33. The number of pyridine rings is 1. The van der Waals surface area contributed by atoms with E-state index >= 15 is 0 Å². The maximum Gasteiger partial charge on any atom is 0.233 e. The fraction of sp³-hybridized carbons (Fsp3) is 0.429. The first-order valence-corrected chi connectivity index (χ1v) is 9.04. The predicted octanol–water partition coefficient (Wildman–Crippen LogP) is 3.71. The van der Waals surface area contributed by atoms with Gasteiger partial charge in [-0.1, -0.05) is 18.2 Å². The van der Waals surface area contributed by atoms with Crippen molar-refractivity contribution in [1.29, 1.82) is 0 Å². The molecule has 0 N–H and O–H groups in total. The molecule has 1 aliphatic rings. The van der Waals surface area contributed by atoms with E-state index in [-0.39, 0.29) is 17.8 Å². The summed E-state index contributed by atoms with van der Waals surface area (Å²) < 4.78 is 19.4. The molecule has 2 heterocycles. The predicted molar refractivity (Wildman–Crippen MR) is 98.1 cm³/mol. The highest BCUT2D eigenvalue weighted by Crippen LogP contribution is 2.28. The Hall–Kier alpha value is -2.27. The highest BCUT2D eigenvalue weighted by atomic mass is 19.1. The molecule has 0 saturated carbocycles. The summed E-state index contributed by atoms with van der Waals surface area (Å²) in [5.74, 6) is -0.386. The second-order valence-electron chi connectivity index (χ2n) is 7.28. The van der Waals surface area contributed by atoms with E-state index in [1.165, 1.54) is 12.1 Å². The van der Waals surface area contributed by atoms with Gasteiger partial charge in [0.15, 0.2) is 0 Å². The lowest BCUT2D eigenvalue weighted by Crippen LogP contribution is -2.46. The lowest BCUT2D eigenvalue weighted by molar-refractivity contribution is -0.138. The van der Waals surface area contributed by atoms with Gasteiger partial charge in [-0.25, -0.2) is 4.39 Å². The van der Waals surface area contributed by atoms with Crippen molar-refractivity contribution in [3.05, 3.63) is 65.7 Å². The smallest absolute Gasteiger partial charge is 0.233 e. The van der Waals surface area contributed by atoms with E-state index in [0.717, 1.165) is 25.1 Å². The van der Waals surface area contributed by atoms with Gasteiger partial charge in [0.2, 0.25) is 5.91 Å². The van der Waals surface area contributed by atoms with E-state index in [1.54, 1.807) is 23.2 Å². The Bertz CT molecular complexity index is 743. The second-order valence-corrected chi connectivity index (χ2v) is 7.28. The van der Waals surface area contributed by atoms with Crippen LogP contribution in [-0.2, 0) is 21.5 Å². The van der Waals surface area contributed by atoms with Crippen LogP contribution in [0.5, 0.6) is 0 Å². The first kappa shape index (κ1) is 18.5. The van der Waals surface area contributed by atoms with Gasteiger partial charge in [-0.2, -0.15) is 0 Å². The zero-order valence-electron chi connectivity index (χ0n) is 15.3. The first-order valence-electron chi connectivity index (χ1n) is 9.04. The van der Waals surface area contributed by atoms with Gasteiger partial charge in [0.05, 0.1) is 23.8 Å². The van der Waals surface area contributed by atoms with Crippen LogP contribution in [0.1, 0.15) is 37.9 Å². The van der Waals surface area contributed by atoms with E-state index in [2.05, 4.69) is 4.98 Å². The Morgan fingerprint density at radius 1 is 1.31 bits per heavy atom. The molecule has 5 heteroatoms. The normalized spacial score (nSPS) is 17.3. The number of hydrogen-bond acceptors (Lipinski definition) is 3. The fourth-order valence-corrected chi connectivity index (χ4v) is 3.34. The molecule has 1 aliphatic heterocycles. The molecule has 26 heavy (non-hydrogen) atoms. The van der Waals surface area contributed by atoms with Crippen molar-refractivity contribution in [2.45, 2.75) is 44.8 Å². The molecule has 4 nitrogen and oxygen atoms in total. The van der Waals surface area contributed by atoms with Crippen LogP contribution in [0.25, 0.3) is 0 Å². The number of halogens is 1. The molecular formula is C21H25FN2O2. The van der Waals surface area contributed by atoms with Crippen LogP contribution in [0, 0.1) is 5.82 Å². The molecule has 1 fully saturated rings. The molecule has 0 unspecified atom stereocenters. The number of carbonyl (C=O) groups excluding carboxylic acids is 1. The molecular weight excluding hydrogens is 331 g/mol. The molecule has 1 saturated heterocycles. The minimum atomic E-state index is -0.838. The van der Waals surface area contributed by atoms with Gasteiger partial charge in [0.25, 0.3) is 0 Å².